The molecule has 0 aliphatic heterocycles. The standard InChI is InChI=1S/C15H17N3O2/c16-13(8-11-4-2-1-3-5-11)10-20-14-7-6-12(9-18-14)15(17)19/h1-7,9,13H,8,10,16H2,(H2,17,19). The van der Waals surface area contributed by atoms with Crippen molar-refractivity contribution in [2.75, 3.05) is 6.61 Å². The summed E-state index contributed by atoms with van der Waals surface area (Å²) in [6, 6.07) is 13.0. The maximum Gasteiger partial charge on any atom is 0.250 e. The minimum atomic E-state index is -0.509. The van der Waals surface area contributed by atoms with Crippen LogP contribution in [0, 0.1) is 0 Å². The van der Waals surface area contributed by atoms with E-state index in [0.29, 0.717) is 18.1 Å². The summed E-state index contributed by atoms with van der Waals surface area (Å²) in [5, 5.41) is 0. The number of pyridine rings is 1. The maximum atomic E-state index is 10.9. The van der Waals surface area contributed by atoms with Crippen molar-refractivity contribution in [3.63, 3.8) is 0 Å². The van der Waals surface area contributed by atoms with Crippen LogP contribution in [0.2, 0.25) is 0 Å². The van der Waals surface area contributed by atoms with Crippen LogP contribution in [0.25, 0.3) is 0 Å². The highest BCUT2D eigenvalue weighted by Gasteiger charge is 2.06. The van der Waals surface area contributed by atoms with Gasteiger partial charge in [0.1, 0.15) is 6.61 Å². The van der Waals surface area contributed by atoms with Crippen LogP contribution in [0.4, 0.5) is 0 Å². The van der Waals surface area contributed by atoms with Gasteiger partial charge in [-0.2, -0.15) is 0 Å². The molecule has 2 aromatic rings. The molecule has 0 bridgehead atoms. The number of ether oxygens (including phenoxy) is 1. The van der Waals surface area contributed by atoms with Gasteiger partial charge in [0.25, 0.3) is 0 Å². The van der Waals surface area contributed by atoms with Gasteiger partial charge in [-0.05, 0) is 18.1 Å². The van der Waals surface area contributed by atoms with E-state index in [-0.39, 0.29) is 6.04 Å². The molecule has 1 unspecified atom stereocenters. The van der Waals surface area contributed by atoms with E-state index < -0.39 is 5.91 Å². The first-order valence-corrected chi connectivity index (χ1v) is 6.33. The molecule has 1 atom stereocenters. The lowest BCUT2D eigenvalue weighted by Gasteiger charge is -2.12. The molecule has 4 N–H and O–H groups in total. The number of carbonyl (C=O) groups is 1. The number of primary amides is 1. The fourth-order valence-corrected chi connectivity index (χ4v) is 1.78. The van der Waals surface area contributed by atoms with E-state index in [2.05, 4.69) is 4.98 Å². The van der Waals surface area contributed by atoms with Crippen molar-refractivity contribution >= 4 is 5.91 Å². The lowest BCUT2D eigenvalue weighted by molar-refractivity contribution is 0.1000. The highest BCUT2D eigenvalue weighted by atomic mass is 16.5. The zero-order chi connectivity index (χ0) is 14.4. The molecular weight excluding hydrogens is 254 g/mol. The fourth-order valence-electron chi connectivity index (χ4n) is 1.78. The van der Waals surface area contributed by atoms with Gasteiger partial charge in [0.2, 0.25) is 11.8 Å². The van der Waals surface area contributed by atoms with Crippen molar-refractivity contribution < 1.29 is 9.53 Å². The first kappa shape index (κ1) is 14.0. The summed E-state index contributed by atoms with van der Waals surface area (Å²) in [4.78, 5) is 14.9. The Hall–Kier alpha value is -2.40. The van der Waals surface area contributed by atoms with E-state index in [1.54, 1.807) is 12.1 Å². The topological polar surface area (TPSA) is 91.2 Å². The van der Waals surface area contributed by atoms with Crippen LogP contribution in [0.3, 0.4) is 0 Å². The summed E-state index contributed by atoms with van der Waals surface area (Å²) in [5.74, 6) is -0.0802. The monoisotopic (exact) mass is 271 g/mol. The summed E-state index contributed by atoms with van der Waals surface area (Å²) in [6.45, 7) is 0.359. The van der Waals surface area contributed by atoms with Gasteiger partial charge < -0.3 is 16.2 Å². The van der Waals surface area contributed by atoms with Gasteiger partial charge in [0, 0.05) is 18.3 Å². The second-order valence-electron chi connectivity index (χ2n) is 4.51. The SMILES string of the molecule is NC(=O)c1ccc(OCC(N)Cc2ccccc2)nc1. The minimum Gasteiger partial charge on any atom is -0.476 e. The fraction of sp³-hybridized carbons (Fsp3) is 0.200. The van der Waals surface area contributed by atoms with Crippen LogP contribution in [0.5, 0.6) is 5.88 Å². The Labute approximate surface area is 117 Å². The van der Waals surface area contributed by atoms with Crippen molar-refractivity contribution in [1.82, 2.24) is 4.98 Å². The molecule has 2 rings (SSSR count). The van der Waals surface area contributed by atoms with Gasteiger partial charge >= 0.3 is 0 Å². The van der Waals surface area contributed by atoms with Crippen molar-refractivity contribution in [3.8, 4) is 5.88 Å². The Morgan fingerprint density at radius 1 is 1.20 bits per heavy atom. The van der Waals surface area contributed by atoms with Crippen LogP contribution >= 0.6 is 0 Å². The third kappa shape index (κ3) is 4.07. The third-order valence-corrected chi connectivity index (χ3v) is 2.81. The Morgan fingerprint density at radius 2 is 1.95 bits per heavy atom. The molecule has 20 heavy (non-hydrogen) atoms. The molecule has 0 aliphatic carbocycles. The van der Waals surface area contributed by atoms with Gasteiger partial charge in [-0.3, -0.25) is 4.79 Å². The molecule has 104 valence electrons. The van der Waals surface area contributed by atoms with Crippen LogP contribution < -0.4 is 16.2 Å². The Balaban J connectivity index is 1.84. The minimum absolute atomic E-state index is 0.116. The predicted molar refractivity (Wildman–Crippen MR) is 76.4 cm³/mol. The summed E-state index contributed by atoms with van der Waals surface area (Å²) < 4.78 is 5.49. The highest BCUT2D eigenvalue weighted by Crippen LogP contribution is 2.08. The molecule has 1 aromatic heterocycles. The molecule has 0 spiro atoms. The average molecular weight is 271 g/mol. The number of nitrogens with two attached hydrogens (primary N) is 2. The largest absolute Gasteiger partial charge is 0.476 e. The number of amides is 1. The van der Waals surface area contributed by atoms with Crippen LogP contribution in [0.15, 0.2) is 48.7 Å². The Kier molecular flexibility index (Phi) is 4.68. The lowest BCUT2D eigenvalue weighted by atomic mass is 10.1. The quantitative estimate of drug-likeness (QED) is 0.824. The number of benzene rings is 1. The summed E-state index contributed by atoms with van der Waals surface area (Å²) in [7, 11) is 0. The van der Waals surface area contributed by atoms with Gasteiger partial charge in [0.15, 0.2) is 0 Å². The molecule has 0 radical (unpaired) electrons. The van der Waals surface area contributed by atoms with Crippen molar-refractivity contribution in [3.05, 3.63) is 59.8 Å². The highest BCUT2D eigenvalue weighted by molar-refractivity contribution is 5.92. The number of carbonyl (C=O) groups excluding carboxylic acids is 1. The van der Waals surface area contributed by atoms with E-state index in [4.69, 9.17) is 16.2 Å². The molecule has 5 heteroatoms. The van der Waals surface area contributed by atoms with Crippen molar-refractivity contribution in [2.45, 2.75) is 12.5 Å². The van der Waals surface area contributed by atoms with Gasteiger partial charge in [0.05, 0.1) is 5.56 Å². The van der Waals surface area contributed by atoms with Gasteiger partial charge in [-0.1, -0.05) is 30.3 Å². The Bertz CT molecular complexity index is 555. The van der Waals surface area contributed by atoms with Crippen molar-refractivity contribution in [2.24, 2.45) is 11.5 Å². The van der Waals surface area contributed by atoms with E-state index in [0.717, 1.165) is 6.42 Å². The molecule has 0 fully saturated rings. The molecule has 1 amide bonds. The van der Waals surface area contributed by atoms with Crippen molar-refractivity contribution in [1.29, 1.82) is 0 Å². The van der Waals surface area contributed by atoms with E-state index in [9.17, 15) is 4.79 Å². The summed E-state index contributed by atoms with van der Waals surface area (Å²) in [5.41, 5.74) is 12.7. The van der Waals surface area contributed by atoms with Gasteiger partial charge in [-0.15, -0.1) is 0 Å². The zero-order valence-electron chi connectivity index (χ0n) is 11.0. The Morgan fingerprint density at radius 3 is 2.55 bits per heavy atom. The van der Waals surface area contributed by atoms with Crippen LogP contribution in [-0.4, -0.2) is 23.5 Å². The lowest BCUT2D eigenvalue weighted by Crippen LogP contribution is -2.30. The number of nitrogens with zero attached hydrogens (tertiary/aromatic N) is 1. The van der Waals surface area contributed by atoms with E-state index in [1.165, 1.54) is 11.8 Å². The predicted octanol–water partition coefficient (Wildman–Crippen LogP) is 1.13. The number of hydrogen-bond donors (Lipinski definition) is 2. The molecule has 0 aliphatic rings. The first-order valence-electron chi connectivity index (χ1n) is 6.33. The third-order valence-electron chi connectivity index (χ3n) is 2.81. The second kappa shape index (κ2) is 6.68. The van der Waals surface area contributed by atoms with E-state index in [1.807, 2.05) is 30.3 Å². The van der Waals surface area contributed by atoms with Gasteiger partial charge in [-0.25, -0.2) is 4.98 Å². The normalized spacial score (nSPS) is 11.8. The van der Waals surface area contributed by atoms with E-state index >= 15 is 0 Å². The molecule has 5 nitrogen and oxygen atoms in total. The number of hydrogen-bond acceptors (Lipinski definition) is 4. The molecule has 1 aromatic carbocycles. The first-order chi connectivity index (χ1) is 9.65. The number of aromatic nitrogens is 1. The molecular formula is C15H17N3O2. The number of rotatable bonds is 6. The second-order valence-corrected chi connectivity index (χ2v) is 4.51. The van der Waals surface area contributed by atoms with Crippen LogP contribution in [-0.2, 0) is 6.42 Å². The molecule has 1 heterocycles. The summed E-state index contributed by atoms with van der Waals surface area (Å²) in [6.07, 6.45) is 2.13. The smallest absolute Gasteiger partial charge is 0.250 e. The summed E-state index contributed by atoms with van der Waals surface area (Å²) >= 11 is 0. The average Bonchev–Trinajstić information content (AvgIpc) is 2.46. The zero-order valence-corrected chi connectivity index (χ0v) is 11.0. The molecule has 0 saturated heterocycles. The van der Waals surface area contributed by atoms with Crippen LogP contribution in [0.1, 0.15) is 15.9 Å². The molecule has 0 saturated carbocycles. The maximum absolute atomic E-state index is 10.9.